The van der Waals surface area contributed by atoms with Gasteiger partial charge in [0.05, 0.1) is 0 Å². The van der Waals surface area contributed by atoms with Crippen molar-refractivity contribution in [2.24, 2.45) is 0 Å². The molecule has 0 aliphatic carbocycles. The fraction of sp³-hybridized carbons (Fsp3) is 0.667. The Balaban J connectivity index is 2.64. The van der Waals surface area contributed by atoms with E-state index in [1.165, 1.54) is 12.8 Å². The molecule has 0 spiro atoms. The molecule has 0 atom stereocenters. The van der Waals surface area contributed by atoms with Crippen LogP contribution in [0.3, 0.4) is 0 Å². The summed E-state index contributed by atoms with van der Waals surface area (Å²) in [6.45, 7) is 6.59. The minimum absolute atomic E-state index is 0.190. The third kappa shape index (κ3) is 5.15. The quantitative estimate of drug-likeness (QED) is 0.695. The van der Waals surface area contributed by atoms with Crippen molar-refractivity contribution in [1.82, 2.24) is 10.3 Å². The Kier molecular flexibility index (Phi) is 7.41. The Morgan fingerprint density at radius 1 is 1.26 bits per heavy atom. The molecule has 4 heteroatoms. The molecule has 0 unspecified atom stereocenters. The molecule has 3 nitrogen and oxygen atoms in total. The van der Waals surface area contributed by atoms with E-state index < -0.39 is 0 Å². The summed E-state index contributed by atoms with van der Waals surface area (Å²) in [5, 5.41) is 3.22. The van der Waals surface area contributed by atoms with Crippen molar-refractivity contribution < 1.29 is 4.39 Å². The average Bonchev–Trinajstić information content (AvgIpc) is 2.41. The molecule has 0 saturated heterocycles. The number of aromatic nitrogens is 1. The molecule has 1 aromatic rings. The summed E-state index contributed by atoms with van der Waals surface area (Å²) in [5.74, 6) is 0.275. The lowest BCUT2D eigenvalue weighted by Gasteiger charge is -2.19. The van der Waals surface area contributed by atoms with Crippen molar-refractivity contribution in [3.63, 3.8) is 0 Å². The summed E-state index contributed by atoms with van der Waals surface area (Å²) in [6.07, 6.45) is 6.16. The fourth-order valence-electron chi connectivity index (χ4n) is 1.98. The minimum atomic E-state index is -0.190. The van der Waals surface area contributed by atoms with Crippen molar-refractivity contribution >= 4 is 5.82 Å². The van der Waals surface area contributed by atoms with Crippen LogP contribution in [0.2, 0.25) is 0 Å². The Morgan fingerprint density at radius 3 is 2.74 bits per heavy atom. The monoisotopic (exact) mass is 267 g/mol. The van der Waals surface area contributed by atoms with Crippen LogP contribution in [0.5, 0.6) is 0 Å². The van der Waals surface area contributed by atoms with Gasteiger partial charge >= 0.3 is 0 Å². The summed E-state index contributed by atoms with van der Waals surface area (Å²) in [7, 11) is 1.91. The lowest BCUT2D eigenvalue weighted by atomic mass is 10.2. The number of nitrogens with zero attached hydrogens (tertiary/aromatic N) is 2. The summed E-state index contributed by atoms with van der Waals surface area (Å²) in [6, 6.07) is 1.75. The van der Waals surface area contributed by atoms with E-state index in [2.05, 4.69) is 24.1 Å². The SMILES string of the molecule is CCCCCN(C)c1nccc(CNCCC)c1F. The van der Waals surface area contributed by atoms with E-state index in [9.17, 15) is 4.39 Å². The molecule has 0 amide bonds. The topological polar surface area (TPSA) is 28.2 Å². The number of rotatable bonds is 9. The summed E-state index contributed by atoms with van der Waals surface area (Å²) >= 11 is 0. The van der Waals surface area contributed by atoms with Gasteiger partial charge in [-0.05, 0) is 25.5 Å². The van der Waals surface area contributed by atoms with Crippen LogP contribution in [-0.4, -0.2) is 25.1 Å². The summed E-state index contributed by atoms with van der Waals surface area (Å²) in [5.41, 5.74) is 0.695. The first-order chi connectivity index (χ1) is 9.20. The standard InChI is InChI=1S/C15H26FN3/c1-4-6-7-11-19(3)15-14(16)13(8-10-18-15)12-17-9-5-2/h8,10,17H,4-7,9,11-12H2,1-3H3. The molecule has 0 aromatic carbocycles. The van der Waals surface area contributed by atoms with Crippen LogP contribution in [0.15, 0.2) is 12.3 Å². The van der Waals surface area contributed by atoms with Gasteiger partial charge in [-0.2, -0.15) is 0 Å². The Hall–Kier alpha value is -1.16. The molecule has 0 saturated carbocycles. The van der Waals surface area contributed by atoms with Crippen LogP contribution in [-0.2, 0) is 6.54 Å². The van der Waals surface area contributed by atoms with Crippen LogP contribution in [0, 0.1) is 5.82 Å². The minimum Gasteiger partial charge on any atom is -0.357 e. The van der Waals surface area contributed by atoms with Crippen molar-refractivity contribution in [1.29, 1.82) is 0 Å². The third-order valence-electron chi connectivity index (χ3n) is 3.15. The molecule has 1 rings (SSSR count). The van der Waals surface area contributed by atoms with E-state index in [0.717, 1.165) is 25.9 Å². The zero-order chi connectivity index (χ0) is 14.1. The van der Waals surface area contributed by atoms with E-state index in [4.69, 9.17) is 0 Å². The Labute approximate surface area is 116 Å². The highest BCUT2D eigenvalue weighted by Gasteiger charge is 2.12. The van der Waals surface area contributed by atoms with Crippen molar-refractivity contribution in [2.45, 2.75) is 46.1 Å². The molecular weight excluding hydrogens is 241 g/mol. The molecular formula is C15H26FN3. The van der Waals surface area contributed by atoms with Gasteiger partial charge in [-0.1, -0.05) is 26.7 Å². The predicted octanol–water partition coefficient (Wildman–Crippen LogP) is 3.35. The van der Waals surface area contributed by atoms with Crippen molar-refractivity contribution in [3.05, 3.63) is 23.6 Å². The molecule has 0 fully saturated rings. The first kappa shape index (κ1) is 15.9. The Morgan fingerprint density at radius 2 is 2.05 bits per heavy atom. The van der Waals surface area contributed by atoms with Crippen LogP contribution in [0.1, 0.15) is 45.1 Å². The summed E-state index contributed by atoms with van der Waals surface area (Å²) < 4.78 is 14.3. The molecule has 108 valence electrons. The highest BCUT2D eigenvalue weighted by molar-refractivity contribution is 5.42. The number of hydrogen-bond acceptors (Lipinski definition) is 3. The Bertz CT molecular complexity index is 368. The number of anilines is 1. The van der Waals surface area contributed by atoms with Gasteiger partial charge in [0, 0.05) is 31.9 Å². The molecule has 19 heavy (non-hydrogen) atoms. The first-order valence-corrected chi connectivity index (χ1v) is 7.25. The second kappa shape index (κ2) is 8.86. The lowest BCUT2D eigenvalue weighted by Crippen LogP contribution is -2.22. The lowest BCUT2D eigenvalue weighted by molar-refractivity contribution is 0.575. The maximum absolute atomic E-state index is 14.3. The number of hydrogen-bond donors (Lipinski definition) is 1. The van der Waals surface area contributed by atoms with Gasteiger partial charge in [0.25, 0.3) is 0 Å². The maximum Gasteiger partial charge on any atom is 0.170 e. The van der Waals surface area contributed by atoms with Gasteiger partial charge in [-0.25, -0.2) is 9.37 Å². The molecule has 1 aromatic heterocycles. The average molecular weight is 267 g/mol. The van der Waals surface area contributed by atoms with Gasteiger partial charge in [0.15, 0.2) is 11.6 Å². The van der Waals surface area contributed by atoms with Gasteiger partial charge in [0.1, 0.15) is 0 Å². The van der Waals surface area contributed by atoms with Gasteiger partial charge in [0.2, 0.25) is 0 Å². The van der Waals surface area contributed by atoms with E-state index >= 15 is 0 Å². The van der Waals surface area contributed by atoms with Crippen molar-refractivity contribution in [3.8, 4) is 0 Å². The van der Waals surface area contributed by atoms with E-state index in [1.807, 2.05) is 11.9 Å². The van der Waals surface area contributed by atoms with E-state index in [-0.39, 0.29) is 5.82 Å². The molecule has 0 radical (unpaired) electrons. The van der Waals surface area contributed by atoms with Crippen LogP contribution in [0.4, 0.5) is 10.2 Å². The zero-order valence-corrected chi connectivity index (χ0v) is 12.4. The smallest absolute Gasteiger partial charge is 0.170 e. The predicted molar refractivity (Wildman–Crippen MR) is 79.0 cm³/mol. The number of pyridine rings is 1. The second-order valence-electron chi connectivity index (χ2n) is 4.91. The summed E-state index contributed by atoms with van der Waals surface area (Å²) in [4.78, 5) is 6.08. The zero-order valence-electron chi connectivity index (χ0n) is 12.4. The molecule has 0 aliphatic rings. The highest BCUT2D eigenvalue weighted by Crippen LogP contribution is 2.18. The molecule has 0 aliphatic heterocycles. The van der Waals surface area contributed by atoms with Gasteiger partial charge in [-0.15, -0.1) is 0 Å². The number of nitrogens with one attached hydrogen (secondary N) is 1. The van der Waals surface area contributed by atoms with Crippen LogP contribution < -0.4 is 10.2 Å². The number of unbranched alkanes of at least 4 members (excludes halogenated alkanes) is 2. The second-order valence-corrected chi connectivity index (χ2v) is 4.91. The van der Waals surface area contributed by atoms with E-state index in [0.29, 0.717) is 17.9 Å². The number of halogens is 1. The van der Waals surface area contributed by atoms with Crippen molar-refractivity contribution in [2.75, 3.05) is 25.0 Å². The molecule has 0 bridgehead atoms. The molecule has 1 N–H and O–H groups in total. The van der Waals surface area contributed by atoms with E-state index in [1.54, 1.807) is 12.3 Å². The van der Waals surface area contributed by atoms with Crippen LogP contribution in [0.25, 0.3) is 0 Å². The first-order valence-electron chi connectivity index (χ1n) is 7.25. The van der Waals surface area contributed by atoms with Gasteiger partial charge in [-0.3, -0.25) is 0 Å². The third-order valence-corrected chi connectivity index (χ3v) is 3.15. The largest absolute Gasteiger partial charge is 0.357 e. The van der Waals surface area contributed by atoms with Crippen LogP contribution >= 0.6 is 0 Å². The van der Waals surface area contributed by atoms with Gasteiger partial charge < -0.3 is 10.2 Å². The maximum atomic E-state index is 14.3. The molecule has 1 heterocycles. The normalized spacial score (nSPS) is 10.7. The highest BCUT2D eigenvalue weighted by atomic mass is 19.1. The fourth-order valence-corrected chi connectivity index (χ4v) is 1.98.